The lowest BCUT2D eigenvalue weighted by molar-refractivity contribution is -0.0612. The predicted molar refractivity (Wildman–Crippen MR) is 88.3 cm³/mol. The molecule has 8 nitrogen and oxygen atoms in total. The van der Waals surface area contributed by atoms with Crippen molar-refractivity contribution in [1.82, 2.24) is 9.97 Å². The summed E-state index contributed by atoms with van der Waals surface area (Å²) in [6, 6.07) is 1.18. The molecule has 130 valence electrons. The Morgan fingerprint density at radius 1 is 1.39 bits per heavy atom. The molecule has 0 radical (unpaired) electrons. The van der Waals surface area contributed by atoms with Gasteiger partial charge in [0.1, 0.15) is 23.8 Å². The number of ether oxygens (including phenoxy) is 1. The normalized spacial score (nSPS) is 27.3. The van der Waals surface area contributed by atoms with E-state index in [9.17, 15) is 10.2 Å². The van der Waals surface area contributed by atoms with E-state index < -0.39 is 24.4 Å². The minimum Gasteiger partial charge on any atom is -0.394 e. The Balaban J connectivity index is 2.02. The maximum absolute atomic E-state index is 10.1. The summed E-state index contributed by atoms with van der Waals surface area (Å²) in [4.78, 5) is 8.53. The quantitative estimate of drug-likeness (QED) is 0.322. The highest BCUT2D eigenvalue weighted by atomic mass is 32.2. The second kappa shape index (κ2) is 8.65. The van der Waals surface area contributed by atoms with Gasteiger partial charge >= 0.3 is 0 Å². The smallest absolute Gasteiger partial charge is 0.191 e. The van der Waals surface area contributed by atoms with Crippen LogP contribution in [-0.2, 0) is 4.74 Å². The first-order chi connectivity index (χ1) is 11.0. The summed E-state index contributed by atoms with van der Waals surface area (Å²) in [5.41, 5.74) is 5.79. The van der Waals surface area contributed by atoms with Gasteiger partial charge in [0.25, 0.3) is 0 Å². The first kappa shape index (κ1) is 18.2. The molecule has 1 aliphatic carbocycles. The Labute approximate surface area is 139 Å². The number of nitrogens with one attached hydrogen (secondary N) is 1. The highest BCUT2D eigenvalue weighted by Gasteiger charge is 2.42. The van der Waals surface area contributed by atoms with Crippen molar-refractivity contribution in [2.75, 3.05) is 30.0 Å². The van der Waals surface area contributed by atoms with E-state index in [-0.39, 0.29) is 13.2 Å². The molecule has 0 aliphatic heterocycles. The van der Waals surface area contributed by atoms with Crippen molar-refractivity contribution in [2.45, 2.75) is 49.3 Å². The summed E-state index contributed by atoms with van der Waals surface area (Å²) >= 11 is 1.51. The Morgan fingerprint density at radius 3 is 2.87 bits per heavy atom. The van der Waals surface area contributed by atoms with Gasteiger partial charge in [-0.15, -0.1) is 0 Å². The lowest BCUT2D eigenvalue weighted by atomic mass is 10.2. The minimum atomic E-state index is -1.01. The van der Waals surface area contributed by atoms with Gasteiger partial charge in [-0.2, -0.15) is 0 Å². The van der Waals surface area contributed by atoms with E-state index >= 15 is 0 Å². The largest absolute Gasteiger partial charge is 0.394 e. The van der Waals surface area contributed by atoms with Crippen molar-refractivity contribution >= 4 is 23.4 Å². The zero-order valence-corrected chi connectivity index (χ0v) is 13.9. The summed E-state index contributed by atoms with van der Waals surface area (Å²) in [7, 11) is 0. The number of aliphatic hydroxyl groups excluding tert-OH is 3. The molecule has 0 aromatic carbocycles. The van der Waals surface area contributed by atoms with E-state index in [0.29, 0.717) is 23.2 Å². The third-order valence-electron chi connectivity index (χ3n) is 3.55. The first-order valence-corrected chi connectivity index (χ1v) is 8.66. The molecular weight excluding hydrogens is 320 g/mol. The van der Waals surface area contributed by atoms with Crippen LogP contribution in [0.2, 0.25) is 0 Å². The summed E-state index contributed by atoms with van der Waals surface area (Å²) < 4.78 is 5.34. The Hall–Kier alpha value is -1.13. The van der Waals surface area contributed by atoms with Crippen molar-refractivity contribution in [3.8, 4) is 0 Å². The van der Waals surface area contributed by atoms with Crippen molar-refractivity contribution in [3.63, 3.8) is 0 Å². The molecule has 6 N–H and O–H groups in total. The van der Waals surface area contributed by atoms with Crippen LogP contribution in [0.1, 0.15) is 19.8 Å². The Kier molecular flexibility index (Phi) is 6.85. The van der Waals surface area contributed by atoms with Crippen LogP contribution in [0.5, 0.6) is 0 Å². The second-order valence-electron chi connectivity index (χ2n) is 5.41. The lowest BCUT2D eigenvalue weighted by Gasteiger charge is -2.18. The van der Waals surface area contributed by atoms with E-state index in [1.807, 2.05) is 0 Å². The molecule has 1 saturated carbocycles. The van der Waals surface area contributed by atoms with E-state index in [1.54, 1.807) is 6.07 Å². The van der Waals surface area contributed by atoms with Crippen molar-refractivity contribution in [1.29, 1.82) is 0 Å². The number of anilines is 2. The molecule has 0 unspecified atom stereocenters. The van der Waals surface area contributed by atoms with E-state index in [4.69, 9.17) is 15.6 Å². The maximum atomic E-state index is 10.1. The highest BCUT2D eigenvalue weighted by Crippen LogP contribution is 2.27. The van der Waals surface area contributed by atoms with Gasteiger partial charge in [-0.3, -0.25) is 0 Å². The number of aromatic nitrogens is 2. The average Bonchev–Trinajstić information content (AvgIpc) is 2.78. The van der Waals surface area contributed by atoms with Gasteiger partial charge < -0.3 is 31.1 Å². The van der Waals surface area contributed by atoms with E-state index in [2.05, 4.69) is 22.2 Å². The number of rotatable bonds is 8. The molecule has 1 aromatic heterocycles. The molecule has 0 bridgehead atoms. The molecular formula is C14H24N4O4S. The van der Waals surface area contributed by atoms with Crippen molar-refractivity contribution in [2.24, 2.45) is 0 Å². The molecule has 1 fully saturated rings. The number of hydrogen-bond donors (Lipinski definition) is 5. The maximum Gasteiger partial charge on any atom is 0.191 e. The molecule has 1 aromatic rings. The fraction of sp³-hybridized carbons (Fsp3) is 0.714. The lowest BCUT2D eigenvalue weighted by Crippen LogP contribution is -2.36. The molecule has 0 spiro atoms. The average molecular weight is 344 g/mol. The van der Waals surface area contributed by atoms with E-state index in [1.165, 1.54) is 11.8 Å². The third-order valence-corrected chi connectivity index (χ3v) is 4.60. The standard InChI is InChI=1S/C14H24N4O4S/c1-2-5-23-14-17-10(15)7-11(18-14)16-8-6-9(22-4-3-19)13(21)12(8)20/h7-9,12-13,19-21H,2-6H2,1H3,(H3,15,16,17,18)/t8-,9+,12+,13-/m1/s1. The summed E-state index contributed by atoms with van der Waals surface area (Å²) in [6.45, 7) is 2.07. The van der Waals surface area contributed by atoms with Gasteiger partial charge in [0.15, 0.2) is 5.16 Å². The molecule has 23 heavy (non-hydrogen) atoms. The fourth-order valence-electron chi connectivity index (χ4n) is 2.47. The third kappa shape index (κ3) is 4.92. The topological polar surface area (TPSA) is 134 Å². The molecule has 1 heterocycles. The van der Waals surface area contributed by atoms with Crippen LogP contribution in [-0.4, -0.2) is 68.6 Å². The number of hydrogen-bond acceptors (Lipinski definition) is 9. The number of nitrogens with two attached hydrogens (primary N) is 1. The Morgan fingerprint density at radius 2 is 2.17 bits per heavy atom. The summed E-state index contributed by atoms with van der Waals surface area (Å²) in [6.07, 6.45) is -1.11. The zero-order chi connectivity index (χ0) is 16.8. The molecule has 0 amide bonds. The molecule has 0 saturated heterocycles. The van der Waals surface area contributed by atoms with Gasteiger partial charge in [0.2, 0.25) is 0 Å². The van der Waals surface area contributed by atoms with Gasteiger partial charge in [-0.05, 0) is 12.8 Å². The van der Waals surface area contributed by atoms with Crippen molar-refractivity contribution in [3.05, 3.63) is 6.07 Å². The first-order valence-electron chi connectivity index (χ1n) is 7.67. The van der Waals surface area contributed by atoms with Crippen LogP contribution in [0.15, 0.2) is 11.2 Å². The van der Waals surface area contributed by atoms with Gasteiger partial charge in [0, 0.05) is 11.8 Å². The van der Waals surface area contributed by atoms with Crippen molar-refractivity contribution < 1.29 is 20.1 Å². The van der Waals surface area contributed by atoms with Gasteiger partial charge in [0.05, 0.1) is 25.4 Å². The number of aliphatic hydroxyl groups is 3. The number of nitrogen functional groups attached to an aromatic ring is 1. The second-order valence-corrected chi connectivity index (χ2v) is 6.47. The number of nitrogens with zero attached hydrogens (tertiary/aromatic N) is 2. The highest BCUT2D eigenvalue weighted by molar-refractivity contribution is 7.99. The van der Waals surface area contributed by atoms with Crippen LogP contribution in [0.25, 0.3) is 0 Å². The minimum absolute atomic E-state index is 0.124. The van der Waals surface area contributed by atoms with Crippen LogP contribution < -0.4 is 11.1 Å². The fourth-order valence-corrected chi connectivity index (χ4v) is 3.19. The van der Waals surface area contributed by atoms with Crippen LogP contribution >= 0.6 is 11.8 Å². The van der Waals surface area contributed by atoms with Crippen LogP contribution in [0.3, 0.4) is 0 Å². The summed E-state index contributed by atoms with van der Waals surface area (Å²) in [5.74, 6) is 1.75. The monoisotopic (exact) mass is 344 g/mol. The SMILES string of the molecule is CCCSc1nc(N)cc(N[C@@H]2C[C@H](OCCO)[C@@H](O)[C@H]2O)n1. The predicted octanol–water partition coefficient (Wildman–Crippen LogP) is -0.156. The number of thioether (sulfide) groups is 1. The van der Waals surface area contributed by atoms with Gasteiger partial charge in [-0.1, -0.05) is 18.7 Å². The Bertz CT molecular complexity index is 508. The molecule has 2 rings (SSSR count). The van der Waals surface area contributed by atoms with Crippen LogP contribution in [0.4, 0.5) is 11.6 Å². The zero-order valence-electron chi connectivity index (χ0n) is 13.1. The van der Waals surface area contributed by atoms with Crippen LogP contribution in [0, 0.1) is 0 Å². The molecule has 4 atom stereocenters. The molecule has 9 heteroatoms. The summed E-state index contributed by atoms with van der Waals surface area (Å²) in [5, 5.41) is 32.6. The van der Waals surface area contributed by atoms with E-state index in [0.717, 1.165) is 12.2 Å². The van der Waals surface area contributed by atoms with Gasteiger partial charge in [-0.25, -0.2) is 9.97 Å². The molecule has 1 aliphatic rings.